The van der Waals surface area contributed by atoms with E-state index in [0.717, 1.165) is 84.1 Å². The first-order valence-electron chi connectivity index (χ1n) is 12.6. The lowest BCUT2D eigenvalue weighted by Gasteiger charge is -2.20. The molecule has 0 atom stereocenters. The van der Waals surface area contributed by atoms with Crippen molar-refractivity contribution in [3.63, 3.8) is 0 Å². The number of nitrogens with zero attached hydrogens (tertiary/aromatic N) is 2. The summed E-state index contributed by atoms with van der Waals surface area (Å²) in [6.45, 7) is 15.4. The minimum absolute atomic E-state index is 0.240. The molecule has 0 amide bonds. The quantitative estimate of drug-likeness (QED) is 0.223. The highest BCUT2D eigenvalue weighted by atomic mass is 19.1. The lowest BCUT2D eigenvalue weighted by atomic mass is 9.85. The van der Waals surface area contributed by atoms with Crippen LogP contribution in [0.4, 0.5) is 4.39 Å². The van der Waals surface area contributed by atoms with Gasteiger partial charge in [-0.1, -0.05) is 58.9 Å². The van der Waals surface area contributed by atoms with Gasteiger partial charge >= 0.3 is 0 Å². The van der Waals surface area contributed by atoms with Crippen LogP contribution >= 0.6 is 0 Å². The van der Waals surface area contributed by atoms with Gasteiger partial charge in [0, 0.05) is 5.56 Å². The fraction of sp³-hybridized carbons (Fsp3) is 0.419. The summed E-state index contributed by atoms with van der Waals surface area (Å²) >= 11 is 0. The molecule has 180 valence electrons. The number of allylic oxidation sites excluding steroid dienone is 3. The minimum atomic E-state index is -0.240. The predicted molar refractivity (Wildman–Crippen MR) is 144 cm³/mol. The molecule has 3 rings (SSSR count). The first kappa shape index (κ1) is 25.8. The first-order chi connectivity index (χ1) is 16.2. The third kappa shape index (κ3) is 7.09. The Balaban J connectivity index is 1.86. The van der Waals surface area contributed by atoms with Crippen LogP contribution in [0.25, 0.3) is 27.9 Å². The average molecular weight is 459 g/mol. The first-order valence-corrected chi connectivity index (χ1v) is 12.6. The lowest BCUT2D eigenvalue weighted by Crippen LogP contribution is -2.06. The molecule has 0 saturated heterocycles. The Kier molecular flexibility index (Phi) is 8.77. The molecule has 1 aromatic heterocycles. The Labute approximate surface area is 205 Å². The molecule has 0 aliphatic rings. The highest BCUT2D eigenvalue weighted by molar-refractivity contribution is 5.82. The standard InChI is InChI=1S/C31H39FN2/c1-7-11-23(21-31(4,5)6)12-9-10-13-28-30(24-14-17-26(32)18-15-24)34-27-19-16-25(22(3)8-2)20-29(27)33-28/h11,14-20H,3,7-10,12-13,21H2,1-2,4-6H3/b23-11+. The van der Waals surface area contributed by atoms with Crippen LogP contribution in [0.15, 0.2) is 60.7 Å². The van der Waals surface area contributed by atoms with Crippen molar-refractivity contribution < 1.29 is 4.39 Å². The van der Waals surface area contributed by atoms with Crippen LogP contribution in [-0.4, -0.2) is 9.97 Å². The highest BCUT2D eigenvalue weighted by Gasteiger charge is 2.15. The number of aromatic nitrogens is 2. The molecule has 0 N–H and O–H groups in total. The SMILES string of the molecule is C=C(CC)c1ccc2nc(-c3ccc(F)cc3)c(CCCC/C(=C\CC)CC(C)(C)C)nc2c1. The van der Waals surface area contributed by atoms with E-state index in [0.29, 0.717) is 5.41 Å². The zero-order valence-electron chi connectivity index (χ0n) is 21.5. The van der Waals surface area contributed by atoms with Crippen LogP contribution in [0.5, 0.6) is 0 Å². The normalized spacial score (nSPS) is 12.4. The third-order valence-corrected chi connectivity index (χ3v) is 6.10. The zero-order chi connectivity index (χ0) is 24.7. The number of fused-ring (bicyclic) bond motifs is 1. The van der Waals surface area contributed by atoms with Crippen molar-refractivity contribution in [2.75, 3.05) is 0 Å². The zero-order valence-corrected chi connectivity index (χ0v) is 21.5. The van der Waals surface area contributed by atoms with Gasteiger partial charge in [-0.15, -0.1) is 0 Å². The van der Waals surface area contributed by atoms with E-state index in [1.54, 1.807) is 17.7 Å². The summed E-state index contributed by atoms with van der Waals surface area (Å²) in [4.78, 5) is 10.0. The summed E-state index contributed by atoms with van der Waals surface area (Å²) in [5.41, 5.74) is 8.57. The number of hydrogen-bond donors (Lipinski definition) is 0. The maximum absolute atomic E-state index is 13.6. The molecule has 2 nitrogen and oxygen atoms in total. The van der Waals surface area contributed by atoms with Crippen molar-refractivity contribution in [2.45, 2.75) is 79.6 Å². The van der Waals surface area contributed by atoms with Crippen LogP contribution in [0.2, 0.25) is 0 Å². The van der Waals surface area contributed by atoms with Crippen LogP contribution < -0.4 is 0 Å². The summed E-state index contributed by atoms with van der Waals surface area (Å²) in [7, 11) is 0. The van der Waals surface area contributed by atoms with Crippen molar-refractivity contribution in [3.05, 3.63) is 77.8 Å². The monoisotopic (exact) mass is 458 g/mol. The largest absolute Gasteiger partial charge is 0.249 e. The van der Waals surface area contributed by atoms with Crippen molar-refractivity contribution in [2.24, 2.45) is 5.41 Å². The Morgan fingerprint density at radius 2 is 1.71 bits per heavy atom. The highest BCUT2D eigenvalue weighted by Crippen LogP contribution is 2.29. The molecule has 0 saturated carbocycles. The smallest absolute Gasteiger partial charge is 0.123 e. The van der Waals surface area contributed by atoms with E-state index in [1.807, 2.05) is 6.07 Å². The molecule has 2 aromatic carbocycles. The summed E-state index contributed by atoms with van der Waals surface area (Å²) in [6, 6.07) is 12.8. The van der Waals surface area contributed by atoms with Gasteiger partial charge in [-0.3, -0.25) is 0 Å². The van der Waals surface area contributed by atoms with Crippen molar-refractivity contribution >= 4 is 16.6 Å². The minimum Gasteiger partial charge on any atom is -0.249 e. The Morgan fingerprint density at radius 3 is 2.35 bits per heavy atom. The topological polar surface area (TPSA) is 25.8 Å². The maximum Gasteiger partial charge on any atom is 0.123 e. The van der Waals surface area contributed by atoms with Crippen LogP contribution in [0.3, 0.4) is 0 Å². The van der Waals surface area contributed by atoms with E-state index >= 15 is 0 Å². The van der Waals surface area contributed by atoms with Gasteiger partial charge in [0.25, 0.3) is 0 Å². The number of aryl methyl sites for hydroxylation is 1. The van der Waals surface area contributed by atoms with E-state index in [4.69, 9.17) is 9.97 Å². The second-order valence-electron chi connectivity index (χ2n) is 10.4. The van der Waals surface area contributed by atoms with Gasteiger partial charge in [0.05, 0.1) is 22.4 Å². The van der Waals surface area contributed by atoms with E-state index < -0.39 is 0 Å². The van der Waals surface area contributed by atoms with Crippen molar-refractivity contribution in [3.8, 4) is 11.3 Å². The number of benzene rings is 2. The van der Waals surface area contributed by atoms with Gasteiger partial charge in [0.15, 0.2) is 0 Å². The molecule has 0 unspecified atom stereocenters. The summed E-state index contributed by atoms with van der Waals surface area (Å²) < 4.78 is 13.6. The molecule has 0 radical (unpaired) electrons. The molecule has 0 aliphatic carbocycles. The predicted octanol–water partition coefficient (Wildman–Crippen LogP) is 9.34. The Hall–Kier alpha value is -2.81. The number of unbranched alkanes of at least 4 members (excludes halogenated alkanes) is 1. The molecule has 34 heavy (non-hydrogen) atoms. The van der Waals surface area contributed by atoms with Crippen molar-refractivity contribution in [1.82, 2.24) is 9.97 Å². The maximum atomic E-state index is 13.6. The van der Waals surface area contributed by atoms with Gasteiger partial charge in [-0.05, 0) is 97.9 Å². The van der Waals surface area contributed by atoms with E-state index in [2.05, 4.69) is 59.4 Å². The van der Waals surface area contributed by atoms with Crippen LogP contribution in [-0.2, 0) is 6.42 Å². The number of halogens is 1. The van der Waals surface area contributed by atoms with Crippen LogP contribution in [0.1, 0.15) is 84.4 Å². The third-order valence-electron chi connectivity index (χ3n) is 6.10. The van der Waals surface area contributed by atoms with Gasteiger partial charge in [-0.2, -0.15) is 0 Å². The second kappa shape index (κ2) is 11.6. The molecule has 0 spiro atoms. The molecular formula is C31H39FN2. The number of hydrogen-bond acceptors (Lipinski definition) is 2. The van der Waals surface area contributed by atoms with Gasteiger partial charge in [0.1, 0.15) is 5.82 Å². The van der Waals surface area contributed by atoms with E-state index in [9.17, 15) is 4.39 Å². The van der Waals surface area contributed by atoms with E-state index in [1.165, 1.54) is 12.1 Å². The molecule has 3 aromatic rings. The molecule has 0 aliphatic heterocycles. The number of rotatable bonds is 10. The molecular weight excluding hydrogens is 419 g/mol. The molecule has 1 heterocycles. The van der Waals surface area contributed by atoms with Gasteiger partial charge in [-0.25, -0.2) is 14.4 Å². The van der Waals surface area contributed by atoms with Gasteiger partial charge < -0.3 is 0 Å². The van der Waals surface area contributed by atoms with Gasteiger partial charge in [0.2, 0.25) is 0 Å². The molecule has 3 heteroatoms. The van der Waals surface area contributed by atoms with E-state index in [-0.39, 0.29) is 5.82 Å². The molecule has 0 bridgehead atoms. The fourth-order valence-corrected chi connectivity index (χ4v) is 4.41. The van der Waals surface area contributed by atoms with Crippen LogP contribution in [0, 0.1) is 11.2 Å². The molecule has 0 fully saturated rings. The fourth-order valence-electron chi connectivity index (χ4n) is 4.41. The Morgan fingerprint density at radius 1 is 0.971 bits per heavy atom. The summed E-state index contributed by atoms with van der Waals surface area (Å²) in [6.07, 6.45) is 9.66. The van der Waals surface area contributed by atoms with Crippen molar-refractivity contribution in [1.29, 1.82) is 0 Å². The average Bonchev–Trinajstić information content (AvgIpc) is 2.80. The second-order valence-corrected chi connectivity index (χ2v) is 10.4. The Bertz CT molecular complexity index is 1150. The summed E-state index contributed by atoms with van der Waals surface area (Å²) in [5.74, 6) is -0.240. The summed E-state index contributed by atoms with van der Waals surface area (Å²) in [5, 5.41) is 0. The lowest BCUT2D eigenvalue weighted by molar-refractivity contribution is 0.402.